The summed E-state index contributed by atoms with van der Waals surface area (Å²) in [5.41, 5.74) is -1.35. The van der Waals surface area contributed by atoms with E-state index in [1.165, 1.54) is 6.20 Å². The molecule has 3 N–H and O–H groups in total. The Balaban J connectivity index is 1.86. The minimum absolute atomic E-state index is 0.360. The van der Waals surface area contributed by atoms with Crippen molar-refractivity contribution in [2.45, 2.75) is 43.9 Å². The number of carboxylic acid groups (broad SMARTS) is 1. The number of carbonyl (C=O) groups is 1. The number of nitrogens with one attached hydrogen (secondary N) is 2. The van der Waals surface area contributed by atoms with Gasteiger partial charge in [0.25, 0.3) is 5.56 Å². The van der Waals surface area contributed by atoms with Crippen molar-refractivity contribution in [3.05, 3.63) is 32.6 Å². The third-order valence-corrected chi connectivity index (χ3v) is 5.91. The summed E-state index contributed by atoms with van der Waals surface area (Å²) in [5.74, 6) is 0.0455. The fraction of sp³-hybridized carbons (Fsp3) is 0.667. The molecule has 4 fully saturated rings. The van der Waals surface area contributed by atoms with Gasteiger partial charge in [0.15, 0.2) is 0 Å². The number of carboxylic acids is 1. The Labute approximate surface area is 120 Å². The van der Waals surface area contributed by atoms with Crippen LogP contribution in [0.25, 0.3) is 0 Å². The standard InChI is InChI=1S/C15H18N2O4/c18-11-10(6-16-13(21)17-11)14-2-8-1-9(3-14)5-15(4-8,7-14)12(19)20/h6,8-9H,1-5,7H2,(H,19,20)(H2,16,17,18,21)/t8-,9+,14?,15?. The third-order valence-electron chi connectivity index (χ3n) is 5.91. The summed E-state index contributed by atoms with van der Waals surface area (Å²) in [6.07, 6.45) is 6.32. The predicted molar refractivity (Wildman–Crippen MR) is 74.1 cm³/mol. The highest BCUT2D eigenvalue weighted by Crippen LogP contribution is 2.65. The average Bonchev–Trinajstić information content (AvgIpc) is 2.36. The molecule has 4 saturated carbocycles. The van der Waals surface area contributed by atoms with Crippen LogP contribution in [0, 0.1) is 17.3 Å². The third kappa shape index (κ3) is 1.68. The SMILES string of the molecule is O=C(O)C12C[C@H]3C[C@@H](C1)CC(c1c[nH]c(=O)[nH]c1=O)(C3)C2. The molecule has 0 radical (unpaired) electrons. The van der Waals surface area contributed by atoms with Gasteiger partial charge in [-0.2, -0.15) is 0 Å². The van der Waals surface area contributed by atoms with Crippen molar-refractivity contribution in [1.29, 1.82) is 0 Å². The smallest absolute Gasteiger partial charge is 0.325 e. The summed E-state index contributed by atoms with van der Waals surface area (Å²) < 4.78 is 0. The Morgan fingerprint density at radius 3 is 2.43 bits per heavy atom. The second kappa shape index (κ2) is 3.87. The van der Waals surface area contributed by atoms with Crippen molar-refractivity contribution in [3.8, 4) is 0 Å². The highest BCUT2D eigenvalue weighted by molar-refractivity contribution is 5.75. The lowest BCUT2D eigenvalue weighted by Gasteiger charge is -2.60. The molecule has 0 saturated heterocycles. The highest BCUT2D eigenvalue weighted by atomic mass is 16.4. The zero-order valence-corrected chi connectivity index (χ0v) is 11.6. The van der Waals surface area contributed by atoms with Gasteiger partial charge < -0.3 is 10.1 Å². The van der Waals surface area contributed by atoms with Gasteiger partial charge in [-0.05, 0) is 50.4 Å². The van der Waals surface area contributed by atoms with E-state index in [1.807, 2.05) is 0 Å². The molecule has 21 heavy (non-hydrogen) atoms. The molecule has 112 valence electrons. The van der Waals surface area contributed by atoms with Gasteiger partial charge in [-0.15, -0.1) is 0 Å². The van der Waals surface area contributed by atoms with Gasteiger partial charge >= 0.3 is 11.7 Å². The average molecular weight is 290 g/mol. The summed E-state index contributed by atoms with van der Waals surface area (Å²) in [6, 6.07) is 0. The second-order valence-corrected chi connectivity index (χ2v) is 7.31. The Morgan fingerprint density at radius 2 is 1.86 bits per heavy atom. The van der Waals surface area contributed by atoms with E-state index in [1.54, 1.807) is 0 Å². The quantitative estimate of drug-likeness (QED) is 0.755. The first-order chi connectivity index (χ1) is 9.92. The zero-order chi connectivity index (χ0) is 14.8. The maximum Gasteiger partial charge on any atom is 0.325 e. The molecule has 6 heteroatoms. The summed E-state index contributed by atoms with van der Waals surface area (Å²) >= 11 is 0. The highest BCUT2D eigenvalue weighted by Gasteiger charge is 2.61. The molecule has 4 aliphatic rings. The lowest BCUT2D eigenvalue weighted by Crippen LogP contribution is -2.58. The van der Waals surface area contributed by atoms with Crippen LogP contribution >= 0.6 is 0 Å². The summed E-state index contributed by atoms with van der Waals surface area (Å²) in [4.78, 5) is 40.1. The Bertz CT molecular complexity index is 718. The van der Waals surface area contributed by atoms with Crippen LogP contribution in [0.15, 0.2) is 15.8 Å². The van der Waals surface area contributed by atoms with Crippen LogP contribution in [-0.4, -0.2) is 21.0 Å². The maximum absolute atomic E-state index is 12.2. The van der Waals surface area contributed by atoms with Crippen molar-refractivity contribution in [2.24, 2.45) is 17.3 Å². The molecule has 4 atom stereocenters. The van der Waals surface area contributed by atoms with Crippen molar-refractivity contribution in [2.75, 3.05) is 0 Å². The molecule has 1 aromatic rings. The van der Waals surface area contributed by atoms with Crippen LogP contribution < -0.4 is 11.2 Å². The van der Waals surface area contributed by atoms with E-state index in [0.717, 1.165) is 32.1 Å². The topological polar surface area (TPSA) is 103 Å². The molecule has 1 heterocycles. The van der Waals surface area contributed by atoms with Crippen molar-refractivity contribution < 1.29 is 9.90 Å². The van der Waals surface area contributed by atoms with E-state index < -0.39 is 17.1 Å². The molecule has 4 bridgehead atoms. The Hall–Kier alpha value is -1.85. The Morgan fingerprint density at radius 1 is 1.19 bits per heavy atom. The molecule has 2 unspecified atom stereocenters. The fourth-order valence-electron chi connectivity index (χ4n) is 5.63. The monoisotopic (exact) mass is 290 g/mol. The van der Waals surface area contributed by atoms with E-state index in [-0.39, 0.29) is 11.0 Å². The molecule has 5 rings (SSSR count). The first-order valence-corrected chi connectivity index (χ1v) is 7.48. The molecular weight excluding hydrogens is 272 g/mol. The van der Waals surface area contributed by atoms with Gasteiger partial charge in [-0.1, -0.05) is 0 Å². The van der Waals surface area contributed by atoms with Crippen molar-refractivity contribution >= 4 is 5.97 Å². The lowest BCUT2D eigenvalue weighted by molar-refractivity contribution is -0.167. The number of hydrogen-bond donors (Lipinski definition) is 3. The summed E-state index contributed by atoms with van der Waals surface area (Å²) in [7, 11) is 0. The predicted octanol–water partition coefficient (Wildman–Crippen LogP) is 0.986. The number of hydrogen-bond acceptors (Lipinski definition) is 3. The van der Waals surface area contributed by atoms with Crippen molar-refractivity contribution in [1.82, 2.24) is 9.97 Å². The van der Waals surface area contributed by atoms with Gasteiger partial charge in [0.1, 0.15) is 0 Å². The van der Waals surface area contributed by atoms with E-state index >= 15 is 0 Å². The normalized spacial score (nSPS) is 40.4. The second-order valence-electron chi connectivity index (χ2n) is 7.31. The molecule has 1 aromatic heterocycles. The zero-order valence-electron chi connectivity index (χ0n) is 11.6. The molecule has 0 aromatic carbocycles. The number of H-pyrrole nitrogens is 2. The number of aliphatic carboxylic acids is 1. The van der Waals surface area contributed by atoms with Gasteiger partial charge in [-0.25, -0.2) is 4.79 Å². The van der Waals surface area contributed by atoms with Crippen LogP contribution in [0.5, 0.6) is 0 Å². The van der Waals surface area contributed by atoms with E-state index in [9.17, 15) is 19.5 Å². The van der Waals surface area contributed by atoms with Crippen LogP contribution in [0.3, 0.4) is 0 Å². The van der Waals surface area contributed by atoms with Crippen LogP contribution in [0.1, 0.15) is 44.1 Å². The van der Waals surface area contributed by atoms with E-state index in [0.29, 0.717) is 23.8 Å². The molecule has 0 aliphatic heterocycles. The van der Waals surface area contributed by atoms with Gasteiger partial charge in [0, 0.05) is 17.2 Å². The summed E-state index contributed by atoms with van der Waals surface area (Å²) in [5, 5.41) is 9.71. The molecular formula is C15H18N2O4. The first kappa shape index (κ1) is 12.9. The summed E-state index contributed by atoms with van der Waals surface area (Å²) in [6.45, 7) is 0. The van der Waals surface area contributed by atoms with Crippen LogP contribution in [0.4, 0.5) is 0 Å². The maximum atomic E-state index is 12.2. The lowest BCUT2D eigenvalue weighted by atomic mass is 9.43. The number of aromatic amines is 2. The molecule has 0 amide bonds. The van der Waals surface area contributed by atoms with Crippen LogP contribution in [0.2, 0.25) is 0 Å². The fourth-order valence-corrected chi connectivity index (χ4v) is 5.63. The molecule has 4 aliphatic carbocycles. The van der Waals surface area contributed by atoms with Gasteiger partial charge in [0.05, 0.1) is 5.41 Å². The van der Waals surface area contributed by atoms with E-state index in [2.05, 4.69) is 9.97 Å². The number of aromatic nitrogens is 2. The van der Waals surface area contributed by atoms with Crippen LogP contribution in [-0.2, 0) is 10.2 Å². The van der Waals surface area contributed by atoms with E-state index in [4.69, 9.17) is 0 Å². The molecule has 0 spiro atoms. The first-order valence-electron chi connectivity index (χ1n) is 7.48. The minimum atomic E-state index is -0.721. The van der Waals surface area contributed by atoms with Gasteiger partial charge in [0.2, 0.25) is 0 Å². The molecule has 6 nitrogen and oxygen atoms in total. The Kier molecular flexibility index (Phi) is 2.37. The van der Waals surface area contributed by atoms with Gasteiger partial charge in [-0.3, -0.25) is 14.6 Å². The largest absolute Gasteiger partial charge is 0.481 e. The minimum Gasteiger partial charge on any atom is -0.481 e. The number of rotatable bonds is 2. The van der Waals surface area contributed by atoms with Crippen molar-refractivity contribution in [3.63, 3.8) is 0 Å².